The van der Waals surface area contributed by atoms with Crippen LogP contribution in [0.2, 0.25) is 0 Å². The Morgan fingerprint density at radius 3 is 2.78 bits per heavy atom. The Kier molecular flexibility index (Phi) is 4.50. The summed E-state index contributed by atoms with van der Waals surface area (Å²) < 4.78 is 28.2. The fourth-order valence-corrected chi connectivity index (χ4v) is 4.74. The molecule has 2 fully saturated rings. The molecule has 2 heterocycles. The van der Waals surface area contributed by atoms with Gasteiger partial charge >= 0.3 is 0 Å². The normalized spacial score (nSPS) is 26.8. The predicted octanol–water partition coefficient (Wildman–Crippen LogP) is 1.27. The average molecular weight is 342 g/mol. The highest BCUT2D eigenvalue weighted by atomic mass is 32.2. The largest absolute Gasteiger partial charge is 0.382 e. The first-order valence-corrected chi connectivity index (χ1v) is 10.0. The summed E-state index contributed by atoms with van der Waals surface area (Å²) in [5, 5.41) is 19.0. The van der Waals surface area contributed by atoms with Crippen molar-refractivity contribution in [3.63, 3.8) is 0 Å². The lowest BCUT2D eigenvalue weighted by molar-refractivity contribution is -0.0161. The number of nitrogens with zero attached hydrogens (tertiary/aromatic N) is 4. The quantitative estimate of drug-likeness (QED) is 0.841. The molecule has 7 nitrogen and oxygen atoms in total. The minimum absolute atomic E-state index is 0.0801. The van der Waals surface area contributed by atoms with Gasteiger partial charge in [-0.2, -0.15) is 4.31 Å². The first-order chi connectivity index (χ1) is 10.8. The third-order valence-corrected chi connectivity index (χ3v) is 6.68. The van der Waals surface area contributed by atoms with E-state index >= 15 is 0 Å². The van der Waals surface area contributed by atoms with Crippen LogP contribution in [0.1, 0.15) is 57.7 Å². The SMILES string of the molecule is CC(C)n1cc(C2(O)CCCN(S(=O)(=O)CCC3CC3)C2)nn1. The van der Waals surface area contributed by atoms with Gasteiger partial charge < -0.3 is 5.11 Å². The standard InChI is InChI=1S/C15H26N4O3S/c1-12(2)19-10-14(16-17-19)15(20)7-3-8-18(11-15)23(21,22)9-6-13-4-5-13/h10,12-13,20H,3-9,11H2,1-2H3. The van der Waals surface area contributed by atoms with Gasteiger partial charge in [-0.25, -0.2) is 13.1 Å². The zero-order chi connectivity index (χ0) is 16.7. The summed E-state index contributed by atoms with van der Waals surface area (Å²) in [6.07, 6.45) is 5.91. The molecule has 1 N–H and O–H groups in total. The van der Waals surface area contributed by atoms with Crippen molar-refractivity contribution in [2.24, 2.45) is 5.92 Å². The lowest BCUT2D eigenvalue weighted by atomic mass is 9.91. The summed E-state index contributed by atoms with van der Waals surface area (Å²) in [6, 6.07) is 0.154. The molecule has 1 atom stereocenters. The summed E-state index contributed by atoms with van der Waals surface area (Å²) in [5.41, 5.74) is -0.772. The molecule has 2 aliphatic rings. The van der Waals surface area contributed by atoms with E-state index in [9.17, 15) is 13.5 Å². The van der Waals surface area contributed by atoms with E-state index < -0.39 is 15.6 Å². The zero-order valence-electron chi connectivity index (χ0n) is 13.8. The number of aromatic nitrogens is 3. The van der Waals surface area contributed by atoms with Crippen molar-refractivity contribution in [2.45, 2.75) is 57.6 Å². The molecular formula is C15H26N4O3S. The maximum absolute atomic E-state index is 12.5. The van der Waals surface area contributed by atoms with Crippen LogP contribution in [0.25, 0.3) is 0 Å². The van der Waals surface area contributed by atoms with E-state index in [1.807, 2.05) is 13.8 Å². The minimum Gasteiger partial charge on any atom is -0.382 e. The van der Waals surface area contributed by atoms with E-state index in [2.05, 4.69) is 10.3 Å². The van der Waals surface area contributed by atoms with Crippen molar-refractivity contribution in [2.75, 3.05) is 18.8 Å². The van der Waals surface area contributed by atoms with Crippen molar-refractivity contribution < 1.29 is 13.5 Å². The average Bonchev–Trinajstić information content (AvgIpc) is 3.18. The van der Waals surface area contributed by atoms with Gasteiger partial charge in [-0.3, -0.25) is 0 Å². The summed E-state index contributed by atoms with van der Waals surface area (Å²) in [4.78, 5) is 0. The smallest absolute Gasteiger partial charge is 0.214 e. The van der Waals surface area contributed by atoms with Crippen LogP contribution in [0.3, 0.4) is 0 Å². The second-order valence-corrected chi connectivity index (χ2v) is 9.28. The third kappa shape index (κ3) is 3.75. The number of aliphatic hydroxyl groups is 1. The molecule has 0 spiro atoms. The summed E-state index contributed by atoms with van der Waals surface area (Å²) in [7, 11) is -3.31. The highest BCUT2D eigenvalue weighted by molar-refractivity contribution is 7.89. The molecule has 0 bridgehead atoms. The number of rotatable bonds is 6. The second-order valence-electron chi connectivity index (χ2n) is 7.19. The van der Waals surface area contributed by atoms with E-state index in [0.717, 1.165) is 19.3 Å². The van der Waals surface area contributed by atoms with E-state index in [0.29, 0.717) is 31.0 Å². The molecule has 130 valence electrons. The fourth-order valence-electron chi connectivity index (χ4n) is 3.04. The molecule has 8 heteroatoms. The molecule has 1 aliphatic heterocycles. The van der Waals surface area contributed by atoms with Crippen LogP contribution >= 0.6 is 0 Å². The Balaban J connectivity index is 1.72. The molecule has 1 saturated heterocycles. The molecule has 3 rings (SSSR count). The topological polar surface area (TPSA) is 88.3 Å². The van der Waals surface area contributed by atoms with Crippen molar-refractivity contribution in [3.05, 3.63) is 11.9 Å². The molecular weight excluding hydrogens is 316 g/mol. The Morgan fingerprint density at radius 2 is 2.17 bits per heavy atom. The van der Waals surface area contributed by atoms with Gasteiger partial charge in [0.05, 0.1) is 11.9 Å². The van der Waals surface area contributed by atoms with Crippen LogP contribution in [-0.2, 0) is 15.6 Å². The van der Waals surface area contributed by atoms with Crippen LogP contribution in [0.4, 0.5) is 0 Å². The molecule has 23 heavy (non-hydrogen) atoms. The van der Waals surface area contributed by atoms with E-state index in [1.54, 1.807) is 10.9 Å². The summed E-state index contributed by atoms with van der Waals surface area (Å²) in [6.45, 7) is 4.53. The number of hydrogen-bond donors (Lipinski definition) is 1. The fraction of sp³-hybridized carbons (Fsp3) is 0.867. The number of piperidine rings is 1. The lowest BCUT2D eigenvalue weighted by Gasteiger charge is -2.37. The molecule has 1 aromatic rings. The number of hydrogen-bond acceptors (Lipinski definition) is 5. The van der Waals surface area contributed by atoms with E-state index in [1.165, 1.54) is 4.31 Å². The van der Waals surface area contributed by atoms with Crippen LogP contribution in [0.5, 0.6) is 0 Å². The van der Waals surface area contributed by atoms with Crippen molar-refractivity contribution >= 4 is 10.0 Å². The molecule has 1 saturated carbocycles. The van der Waals surface area contributed by atoms with Crippen LogP contribution in [0.15, 0.2) is 6.20 Å². The first kappa shape index (κ1) is 16.9. The Labute approximate surface area is 137 Å². The van der Waals surface area contributed by atoms with Gasteiger partial charge in [-0.1, -0.05) is 18.1 Å². The van der Waals surface area contributed by atoms with Gasteiger partial charge in [0.15, 0.2) is 0 Å². The first-order valence-electron chi connectivity index (χ1n) is 8.43. The van der Waals surface area contributed by atoms with Gasteiger partial charge in [0.25, 0.3) is 0 Å². The Bertz CT molecular complexity index is 653. The highest BCUT2D eigenvalue weighted by Crippen LogP contribution is 2.35. The zero-order valence-corrected chi connectivity index (χ0v) is 14.7. The maximum atomic E-state index is 12.5. The molecule has 0 radical (unpaired) electrons. The molecule has 1 aromatic heterocycles. The van der Waals surface area contributed by atoms with Gasteiger partial charge in [0.1, 0.15) is 11.3 Å². The van der Waals surface area contributed by atoms with Crippen molar-refractivity contribution in [1.82, 2.24) is 19.3 Å². The molecule has 0 aromatic carbocycles. The number of sulfonamides is 1. The van der Waals surface area contributed by atoms with Crippen LogP contribution < -0.4 is 0 Å². The molecule has 1 unspecified atom stereocenters. The van der Waals surface area contributed by atoms with Gasteiger partial charge in [0.2, 0.25) is 10.0 Å². The lowest BCUT2D eigenvalue weighted by Crippen LogP contribution is -2.49. The highest BCUT2D eigenvalue weighted by Gasteiger charge is 2.41. The van der Waals surface area contributed by atoms with Gasteiger partial charge in [-0.15, -0.1) is 5.10 Å². The predicted molar refractivity (Wildman–Crippen MR) is 86.2 cm³/mol. The van der Waals surface area contributed by atoms with E-state index in [4.69, 9.17) is 0 Å². The van der Waals surface area contributed by atoms with Crippen molar-refractivity contribution in [3.8, 4) is 0 Å². The van der Waals surface area contributed by atoms with E-state index in [-0.39, 0.29) is 18.3 Å². The maximum Gasteiger partial charge on any atom is 0.214 e. The molecule has 1 aliphatic carbocycles. The third-order valence-electron chi connectivity index (χ3n) is 4.83. The monoisotopic (exact) mass is 342 g/mol. The minimum atomic E-state index is -3.31. The van der Waals surface area contributed by atoms with Gasteiger partial charge in [0, 0.05) is 19.1 Å². The number of β-amino-alcohol motifs (C(OH)–C–C–N with tert-alkyl or cyclic N) is 1. The second kappa shape index (κ2) is 6.14. The van der Waals surface area contributed by atoms with Crippen molar-refractivity contribution in [1.29, 1.82) is 0 Å². The summed E-state index contributed by atoms with van der Waals surface area (Å²) in [5.74, 6) is 0.770. The van der Waals surface area contributed by atoms with Gasteiger partial charge in [-0.05, 0) is 39.0 Å². The Morgan fingerprint density at radius 1 is 1.43 bits per heavy atom. The summed E-state index contributed by atoms with van der Waals surface area (Å²) >= 11 is 0. The van der Waals surface area contributed by atoms with Crippen LogP contribution in [0, 0.1) is 5.92 Å². The molecule has 0 amide bonds. The Hall–Kier alpha value is -0.990. The van der Waals surface area contributed by atoms with Crippen LogP contribution in [-0.4, -0.2) is 51.7 Å².